The molecular weight excluding hydrogens is 711 g/mol. The number of rotatable bonds is 36. The molecule has 2 unspecified atom stereocenters. The summed E-state index contributed by atoms with van der Waals surface area (Å²) in [5, 5.41) is 3.17. The molecule has 1 aromatic rings. The highest BCUT2D eigenvalue weighted by molar-refractivity contribution is 5.88. The Morgan fingerprint density at radius 1 is 0.737 bits per heavy atom. The first-order valence-corrected chi connectivity index (χ1v) is 24.0. The van der Waals surface area contributed by atoms with Crippen molar-refractivity contribution in [1.82, 2.24) is 15.1 Å². The number of esters is 1. The van der Waals surface area contributed by atoms with Gasteiger partial charge in [0.15, 0.2) is 6.61 Å². The van der Waals surface area contributed by atoms with Gasteiger partial charge in [0.2, 0.25) is 5.91 Å². The molecular formula is C49H87N3O5. The SMILES string of the molecule is CCCCCCCCCCCCCCCC(=O)OCC(=O)N(CCCN1CCCCC1C)C(CCCCCCCCCCC)C(=O)NCCc1ccc(OC)cc1. The number of likely N-dealkylation sites (tertiary alicyclic amines) is 1. The number of hydrogen-bond donors (Lipinski definition) is 1. The van der Waals surface area contributed by atoms with Crippen molar-refractivity contribution in [3.63, 3.8) is 0 Å². The van der Waals surface area contributed by atoms with Crippen molar-refractivity contribution in [3.05, 3.63) is 29.8 Å². The molecule has 1 aliphatic heterocycles. The summed E-state index contributed by atoms with van der Waals surface area (Å²) in [6.45, 7) is 9.45. The number of carbonyl (C=O) groups is 3. The van der Waals surface area contributed by atoms with Crippen LogP contribution in [0.1, 0.15) is 206 Å². The Bertz CT molecular complexity index is 1140. The van der Waals surface area contributed by atoms with Crippen LogP contribution in [0.15, 0.2) is 24.3 Å². The Balaban J connectivity index is 1.94. The van der Waals surface area contributed by atoms with E-state index < -0.39 is 6.04 Å². The number of carbonyl (C=O) groups excluding carboxylic acids is 3. The fraction of sp³-hybridized carbons (Fsp3) is 0.816. The maximum Gasteiger partial charge on any atom is 0.306 e. The van der Waals surface area contributed by atoms with Gasteiger partial charge in [-0.25, -0.2) is 0 Å². The number of nitrogens with zero attached hydrogens (tertiary/aromatic N) is 2. The zero-order valence-corrected chi connectivity index (χ0v) is 37.4. The highest BCUT2D eigenvalue weighted by Crippen LogP contribution is 2.20. The molecule has 0 bridgehead atoms. The van der Waals surface area contributed by atoms with Crippen LogP contribution in [0, 0.1) is 0 Å². The molecule has 0 spiro atoms. The Labute approximate surface area is 350 Å². The zero-order valence-electron chi connectivity index (χ0n) is 37.4. The zero-order chi connectivity index (χ0) is 41.2. The van der Waals surface area contributed by atoms with Gasteiger partial charge in [0.05, 0.1) is 7.11 Å². The fourth-order valence-corrected chi connectivity index (χ4v) is 8.29. The van der Waals surface area contributed by atoms with Gasteiger partial charge in [-0.05, 0) is 69.7 Å². The van der Waals surface area contributed by atoms with Gasteiger partial charge in [0.25, 0.3) is 5.91 Å². The van der Waals surface area contributed by atoms with Crippen LogP contribution in [-0.4, -0.2) is 79.6 Å². The standard InChI is InChI=1S/C49H87N3O5/c1-5-7-9-11-13-15-16-17-18-20-22-24-26-32-48(54)57-42-47(53)52(41-29-40-51-39-28-27-30-43(51)3)46(31-25-23-21-19-14-12-10-8-6-2)49(55)50-38-37-44-33-35-45(56-4)36-34-44/h33-36,43,46H,5-32,37-42H2,1-4H3,(H,50,55). The number of ether oxygens (including phenoxy) is 2. The number of unbranched alkanes of at least 4 members (excludes halogenated alkanes) is 20. The molecule has 1 saturated heterocycles. The highest BCUT2D eigenvalue weighted by atomic mass is 16.5. The van der Waals surface area contributed by atoms with Crippen molar-refractivity contribution in [2.45, 2.75) is 219 Å². The lowest BCUT2D eigenvalue weighted by Gasteiger charge is -2.35. The second-order valence-electron chi connectivity index (χ2n) is 17.0. The molecule has 0 aliphatic carbocycles. The Kier molecular flexibility index (Phi) is 30.4. The van der Waals surface area contributed by atoms with E-state index in [1.165, 1.54) is 122 Å². The second kappa shape index (κ2) is 34.3. The number of benzene rings is 1. The first-order chi connectivity index (χ1) is 27.9. The van der Waals surface area contributed by atoms with Gasteiger partial charge in [-0.3, -0.25) is 14.4 Å². The number of piperidine rings is 1. The molecule has 1 fully saturated rings. The molecule has 8 heteroatoms. The summed E-state index contributed by atoms with van der Waals surface area (Å²) in [7, 11) is 1.66. The van der Waals surface area contributed by atoms with Crippen LogP contribution in [0.25, 0.3) is 0 Å². The molecule has 1 aromatic carbocycles. The number of amides is 2. The van der Waals surface area contributed by atoms with Gasteiger partial charge in [-0.15, -0.1) is 0 Å². The van der Waals surface area contributed by atoms with Crippen molar-refractivity contribution in [2.24, 2.45) is 0 Å². The Morgan fingerprint density at radius 2 is 1.28 bits per heavy atom. The minimum atomic E-state index is -0.587. The summed E-state index contributed by atoms with van der Waals surface area (Å²) in [6.07, 6.45) is 33.1. The third kappa shape index (κ3) is 24.8. The monoisotopic (exact) mass is 798 g/mol. The summed E-state index contributed by atoms with van der Waals surface area (Å²) in [6, 6.07) is 7.87. The van der Waals surface area contributed by atoms with Gasteiger partial charge in [0, 0.05) is 32.1 Å². The van der Waals surface area contributed by atoms with E-state index in [-0.39, 0.29) is 24.4 Å². The fourth-order valence-electron chi connectivity index (χ4n) is 8.29. The molecule has 1 aliphatic rings. The quantitative estimate of drug-likeness (QED) is 0.0537. The van der Waals surface area contributed by atoms with Crippen LogP contribution < -0.4 is 10.1 Å². The number of methoxy groups -OCH3 is 1. The van der Waals surface area contributed by atoms with Gasteiger partial charge in [-0.2, -0.15) is 0 Å². The normalized spacial score (nSPS) is 15.0. The van der Waals surface area contributed by atoms with Gasteiger partial charge >= 0.3 is 5.97 Å². The van der Waals surface area contributed by atoms with Crippen molar-refractivity contribution < 1.29 is 23.9 Å². The minimum Gasteiger partial charge on any atom is -0.497 e. The molecule has 2 atom stereocenters. The van der Waals surface area contributed by atoms with Crippen LogP contribution in [0.2, 0.25) is 0 Å². The van der Waals surface area contributed by atoms with E-state index in [1.807, 2.05) is 24.3 Å². The van der Waals surface area contributed by atoms with Gasteiger partial charge in [-0.1, -0.05) is 167 Å². The first-order valence-electron chi connectivity index (χ1n) is 24.0. The molecule has 1 heterocycles. The second-order valence-corrected chi connectivity index (χ2v) is 17.0. The lowest BCUT2D eigenvalue weighted by atomic mass is 10.0. The van der Waals surface area contributed by atoms with Crippen LogP contribution in [-0.2, 0) is 25.5 Å². The summed E-state index contributed by atoms with van der Waals surface area (Å²) in [5.41, 5.74) is 1.12. The molecule has 0 radical (unpaired) electrons. The molecule has 2 amide bonds. The topological polar surface area (TPSA) is 88.2 Å². The van der Waals surface area contributed by atoms with Crippen LogP contribution in [0.4, 0.5) is 0 Å². The average molecular weight is 798 g/mol. The van der Waals surface area contributed by atoms with E-state index in [9.17, 15) is 14.4 Å². The lowest BCUT2D eigenvalue weighted by molar-refractivity contribution is -0.154. The Morgan fingerprint density at radius 3 is 1.82 bits per heavy atom. The summed E-state index contributed by atoms with van der Waals surface area (Å²) >= 11 is 0. The lowest BCUT2D eigenvalue weighted by Crippen LogP contribution is -2.52. The van der Waals surface area contributed by atoms with Crippen molar-refractivity contribution in [1.29, 1.82) is 0 Å². The maximum absolute atomic E-state index is 14.0. The van der Waals surface area contributed by atoms with Crippen molar-refractivity contribution in [2.75, 3.05) is 39.9 Å². The molecule has 57 heavy (non-hydrogen) atoms. The van der Waals surface area contributed by atoms with Gasteiger partial charge in [0.1, 0.15) is 11.8 Å². The van der Waals surface area contributed by atoms with E-state index in [0.717, 1.165) is 69.3 Å². The summed E-state index contributed by atoms with van der Waals surface area (Å²) in [5.74, 6) is 0.127. The molecule has 0 saturated carbocycles. The predicted octanol–water partition coefficient (Wildman–Crippen LogP) is 11.8. The average Bonchev–Trinajstić information content (AvgIpc) is 3.22. The number of hydrogen-bond acceptors (Lipinski definition) is 6. The molecule has 328 valence electrons. The van der Waals surface area contributed by atoms with E-state index in [2.05, 4.69) is 31.0 Å². The Hall–Kier alpha value is -2.61. The molecule has 0 aromatic heterocycles. The predicted molar refractivity (Wildman–Crippen MR) is 238 cm³/mol. The first kappa shape index (κ1) is 50.5. The molecule has 1 N–H and O–H groups in total. The summed E-state index contributed by atoms with van der Waals surface area (Å²) in [4.78, 5) is 45.1. The van der Waals surface area contributed by atoms with Gasteiger partial charge < -0.3 is 24.6 Å². The van der Waals surface area contributed by atoms with Crippen molar-refractivity contribution in [3.8, 4) is 5.75 Å². The van der Waals surface area contributed by atoms with Crippen molar-refractivity contribution >= 4 is 17.8 Å². The van der Waals surface area contributed by atoms with Crippen LogP contribution in [0.3, 0.4) is 0 Å². The largest absolute Gasteiger partial charge is 0.497 e. The third-order valence-electron chi connectivity index (χ3n) is 12.1. The summed E-state index contributed by atoms with van der Waals surface area (Å²) < 4.78 is 10.9. The van der Waals surface area contributed by atoms with Crippen LogP contribution in [0.5, 0.6) is 5.75 Å². The van der Waals surface area contributed by atoms with E-state index >= 15 is 0 Å². The smallest absolute Gasteiger partial charge is 0.306 e. The molecule has 2 rings (SSSR count). The highest BCUT2D eigenvalue weighted by Gasteiger charge is 2.30. The third-order valence-corrected chi connectivity index (χ3v) is 12.1. The van der Waals surface area contributed by atoms with E-state index in [1.54, 1.807) is 12.0 Å². The minimum absolute atomic E-state index is 0.110. The van der Waals surface area contributed by atoms with E-state index in [4.69, 9.17) is 9.47 Å². The molecule has 8 nitrogen and oxygen atoms in total. The van der Waals surface area contributed by atoms with Crippen LogP contribution >= 0.6 is 0 Å². The van der Waals surface area contributed by atoms with E-state index in [0.29, 0.717) is 38.4 Å². The number of nitrogens with one attached hydrogen (secondary N) is 1. The maximum atomic E-state index is 14.0.